The summed E-state index contributed by atoms with van der Waals surface area (Å²) in [5, 5.41) is 5.17. The first-order valence-corrected chi connectivity index (χ1v) is 17.9. The van der Waals surface area contributed by atoms with E-state index in [1.807, 2.05) is 22.9 Å². The Morgan fingerprint density at radius 2 is 1.73 bits per heavy atom. The van der Waals surface area contributed by atoms with E-state index >= 15 is 0 Å². The highest BCUT2D eigenvalue weighted by Gasteiger charge is 2.37. The third-order valence-electron chi connectivity index (χ3n) is 9.55. The number of hydrogen-bond acceptors (Lipinski definition) is 7. The number of fused-ring (bicyclic) bond motifs is 3. The van der Waals surface area contributed by atoms with Gasteiger partial charge in [-0.1, -0.05) is 33.6 Å². The number of nitrogens with zero attached hydrogens (tertiary/aromatic N) is 6. The van der Waals surface area contributed by atoms with Gasteiger partial charge in [0.05, 0.1) is 11.9 Å². The first kappa shape index (κ1) is 28.0. The Labute approximate surface area is 242 Å². The molecule has 4 aromatic heterocycles. The van der Waals surface area contributed by atoms with Crippen LogP contribution in [0.25, 0.3) is 21.9 Å². The van der Waals surface area contributed by atoms with Gasteiger partial charge in [-0.2, -0.15) is 9.37 Å². The molecule has 5 heterocycles. The third kappa shape index (κ3) is 5.56. The molecular weight excluding hydrogens is 533 g/mol. The Morgan fingerprint density at radius 1 is 0.976 bits per heavy atom. The molecular formula is C31H42FN7OSi. The summed E-state index contributed by atoms with van der Waals surface area (Å²) in [5.74, 6) is 1.30. The van der Waals surface area contributed by atoms with Crippen molar-refractivity contribution in [2.45, 2.75) is 83.5 Å². The fourth-order valence-corrected chi connectivity index (χ4v) is 7.05. The van der Waals surface area contributed by atoms with E-state index < -0.39 is 14.3 Å². The van der Waals surface area contributed by atoms with E-state index in [1.54, 1.807) is 6.20 Å². The van der Waals surface area contributed by atoms with Gasteiger partial charge in [-0.05, 0) is 67.9 Å². The minimum absolute atomic E-state index is 0.219. The predicted octanol–water partition coefficient (Wildman–Crippen LogP) is 7.61. The second-order valence-corrected chi connectivity index (χ2v) is 18.1. The highest BCUT2D eigenvalue weighted by Crippen LogP contribution is 2.39. The molecule has 1 N–H and O–H groups in total. The molecule has 1 aliphatic carbocycles. The lowest BCUT2D eigenvalue weighted by Gasteiger charge is -2.39. The van der Waals surface area contributed by atoms with Gasteiger partial charge in [0.15, 0.2) is 8.32 Å². The normalized spacial score (nSPS) is 17.7. The maximum atomic E-state index is 14.9. The van der Waals surface area contributed by atoms with Gasteiger partial charge in [-0.3, -0.25) is 0 Å². The summed E-state index contributed by atoms with van der Waals surface area (Å²) in [7, 11) is -1.71. The Kier molecular flexibility index (Phi) is 7.48. The van der Waals surface area contributed by atoms with Crippen LogP contribution in [-0.4, -0.2) is 52.5 Å². The fourth-order valence-electron chi connectivity index (χ4n) is 5.97. The molecule has 0 radical (unpaired) electrons. The molecule has 4 aromatic rings. The Bertz CT molecular complexity index is 1520. The molecule has 218 valence electrons. The molecule has 0 atom stereocenters. The van der Waals surface area contributed by atoms with Crippen LogP contribution in [0.5, 0.6) is 0 Å². The molecule has 1 aliphatic heterocycles. The summed E-state index contributed by atoms with van der Waals surface area (Å²) in [5.41, 5.74) is 2.40. The second-order valence-electron chi connectivity index (χ2n) is 13.3. The fraction of sp³-hybridized carbons (Fsp3) is 0.548. The van der Waals surface area contributed by atoms with Crippen molar-refractivity contribution in [1.82, 2.24) is 24.5 Å². The number of rotatable bonds is 7. The second kappa shape index (κ2) is 10.9. The molecule has 1 saturated heterocycles. The van der Waals surface area contributed by atoms with E-state index in [4.69, 9.17) is 9.41 Å². The molecule has 2 aliphatic rings. The van der Waals surface area contributed by atoms with E-state index in [1.165, 1.54) is 6.20 Å². The molecule has 8 nitrogen and oxygen atoms in total. The van der Waals surface area contributed by atoms with Crippen molar-refractivity contribution < 1.29 is 8.82 Å². The number of halogens is 1. The quantitative estimate of drug-likeness (QED) is 0.179. The van der Waals surface area contributed by atoms with Gasteiger partial charge in [0, 0.05) is 48.9 Å². The van der Waals surface area contributed by atoms with Crippen molar-refractivity contribution in [2.24, 2.45) is 5.92 Å². The number of hydrogen-bond donors (Lipinski definition) is 1. The predicted molar refractivity (Wildman–Crippen MR) is 166 cm³/mol. The lowest BCUT2D eigenvalue weighted by atomic mass is 9.98. The van der Waals surface area contributed by atoms with Crippen LogP contribution in [0.3, 0.4) is 0 Å². The first-order chi connectivity index (χ1) is 19.6. The Morgan fingerprint density at radius 3 is 2.41 bits per heavy atom. The van der Waals surface area contributed by atoms with Crippen molar-refractivity contribution in [3.05, 3.63) is 42.7 Å². The average molecular weight is 576 g/mol. The summed E-state index contributed by atoms with van der Waals surface area (Å²) in [6, 6.07) is 6.16. The summed E-state index contributed by atoms with van der Waals surface area (Å²) in [6.07, 6.45) is 11.8. The summed E-state index contributed by atoms with van der Waals surface area (Å²) in [6.45, 7) is 14.5. The Balaban J connectivity index is 1.13. The van der Waals surface area contributed by atoms with E-state index in [9.17, 15) is 4.39 Å². The highest BCUT2D eigenvalue weighted by molar-refractivity contribution is 6.74. The van der Waals surface area contributed by atoms with E-state index in [-0.39, 0.29) is 11.1 Å². The number of anilines is 3. The van der Waals surface area contributed by atoms with Crippen LogP contribution in [0.2, 0.25) is 18.1 Å². The smallest absolute Gasteiger partial charge is 0.237 e. The zero-order valence-electron chi connectivity index (χ0n) is 25.0. The van der Waals surface area contributed by atoms with Gasteiger partial charge in [0.2, 0.25) is 11.9 Å². The zero-order valence-corrected chi connectivity index (χ0v) is 26.0. The minimum Gasteiger partial charge on any atom is -0.417 e. The molecule has 0 spiro atoms. The molecule has 0 bridgehead atoms. The molecule has 0 amide bonds. The third-order valence-corrected chi connectivity index (χ3v) is 14.1. The van der Waals surface area contributed by atoms with E-state index in [0.717, 1.165) is 80.3 Å². The van der Waals surface area contributed by atoms with E-state index in [2.05, 4.69) is 65.1 Å². The van der Waals surface area contributed by atoms with Crippen molar-refractivity contribution >= 4 is 47.7 Å². The molecule has 1 saturated carbocycles. The zero-order chi connectivity index (χ0) is 28.8. The monoisotopic (exact) mass is 575 g/mol. The van der Waals surface area contributed by atoms with Gasteiger partial charge >= 0.3 is 0 Å². The van der Waals surface area contributed by atoms with Crippen molar-refractivity contribution in [3.63, 3.8) is 0 Å². The van der Waals surface area contributed by atoms with Crippen molar-refractivity contribution in [1.29, 1.82) is 0 Å². The maximum absolute atomic E-state index is 14.9. The molecule has 0 aromatic carbocycles. The SMILES string of the molecule is CC(C)(C)[Si](C)(C)OCC1CCN(c2ccc(Nc3ncc4c5ccnc(F)c5n(C5CCCC5)c4n3)nc2)CC1. The van der Waals surface area contributed by atoms with Gasteiger partial charge < -0.3 is 19.2 Å². The van der Waals surface area contributed by atoms with Crippen LogP contribution < -0.4 is 10.2 Å². The van der Waals surface area contributed by atoms with Gasteiger partial charge in [0.25, 0.3) is 0 Å². The number of piperidine rings is 1. The summed E-state index contributed by atoms with van der Waals surface area (Å²) in [4.78, 5) is 20.4. The van der Waals surface area contributed by atoms with Crippen LogP contribution in [-0.2, 0) is 4.43 Å². The van der Waals surface area contributed by atoms with E-state index in [0.29, 0.717) is 23.2 Å². The van der Waals surface area contributed by atoms with Crippen LogP contribution in [0.1, 0.15) is 65.3 Å². The number of nitrogens with one attached hydrogen (secondary N) is 1. The van der Waals surface area contributed by atoms with Crippen LogP contribution >= 0.6 is 0 Å². The van der Waals surface area contributed by atoms with Crippen molar-refractivity contribution in [2.75, 3.05) is 29.9 Å². The molecule has 41 heavy (non-hydrogen) atoms. The first-order valence-electron chi connectivity index (χ1n) is 15.0. The van der Waals surface area contributed by atoms with Crippen molar-refractivity contribution in [3.8, 4) is 0 Å². The highest BCUT2D eigenvalue weighted by atomic mass is 28.4. The average Bonchev–Trinajstić information content (AvgIpc) is 3.59. The molecule has 10 heteroatoms. The maximum Gasteiger partial charge on any atom is 0.237 e. The molecule has 0 unspecified atom stereocenters. The summed E-state index contributed by atoms with van der Waals surface area (Å²) < 4.78 is 23.5. The van der Waals surface area contributed by atoms with Gasteiger partial charge in [0.1, 0.15) is 17.0 Å². The largest absolute Gasteiger partial charge is 0.417 e. The van der Waals surface area contributed by atoms with Gasteiger partial charge in [-0.15, -0.1) is 0 Å². The number of aromatic nitrogens is 5. The lowest BCUT2D eigenvalue weighted by molar-refractivity contribution is 0.205. The Hall–Kier alpha value is -3.11. The molecule has 2 fully saturated rings. The van der Waals surface area contributed by atoms with Crippen LogP contribution in [0.15, 0.2) is 36.8 Å². The lowest BCUT2D eigenvalue weighted by Crippen LogP contribution is -2.43. The van der Waals surface area contributed by atoms with Crippen LogP contribution in [0, 0.1) is 11.9 Å². The number of pyridine rings is 2. The standard InChI is InChI=1S/C31H42FN7OSi/c1-31(2,3)41(4,5)40-20-21-13-16-38(17-14-21)23-10-11-26(34-18-23)36-30-35-19-25-24-12-15-33-28(32)27(24)39(29(25)37-30)22-8-6-7-9-22/h10-12,15,18-19,21-22H,6-9,13-14,16-17,20H2,1-5H3,(H,34,35,36,37). The van der Waals surface area contributed by atoms with Gasteiger partial charge in [-0.25, -0.2) is 15.0 Å². The topological polar surface area (TPSA) is 81.0 Å². The minimum atomic E-state index is -1.71. The summed E-state index contributed by atoms with van der Waals surface area (Å²) >= 11 is 0. The van der Waals surface area contributed by atoms with Crippen LogP contribution in [0.4, 0.5) is 21.8 Å². The molecule has 6 rings (SSSR count).